The molecule has 28 heavy (non-hydrogen) atoms. The third-order valence-corrected chi connectivity index (χ3v) is 5.52. The first kappa shape index (κ1) is 20.1. The van der Waals surface area contributed by atoms with E-state index < -0.39 is 0 Å². The Morgan fingerprint density at radius 3 is 2.54 bits per heavy atom. The molecule has 2 aromatic carbocycles. The molecule has 0 N–H and O–H groups in total. The van der Waals surface area contributed by atoms with Gasteiger partial charge in [0.25, 0.3) is 0 Å². The van der Waals surface area contributed by atoms with Crippen molar-refractivity contribution in [1.29, 1.82) is 5.26 Å². The van der Waals surface area contributed by atoms with Crippen molar-refractivity contribution < 1.29 is 0 Å². The summed E-state index contributed by atoms with van der Waals surface area (Å²) >= 11 is 1.67. The van der Waals surface area contributed by atoms with Gasteiger partial charge in [-0.3, -0.25) is 0 Å². The van der Waals surface area contributed by atoms with Crippen LogP contribution in [-0.2, 0) is 12.8 Å². The molecule has 0 amide bonds. The molecule has 1 aromatic heterocycles. The minimum Gasteiger partial charge on any atom is -0.238 e. The predicted molar refractivity (Wildman–Crippen MR) is 117 cm³/mol. The van der Waals surface area contributed by atoms with E-state index in [4.69, 9.17) is 4.98 Å². The van der Waals surface area contributed by atoms with E-state index in [1.165, 1.54) is 5.56 Å². The number of benzene rings is 2. The van der Waals surface area contributed by atoms with Gasteiger partial charge in [0, 0.05) is 17.7 Å². The van der Waals surface area contributed by atoms with Crippen molar-refractivity contribution in [3.8, 4) is 17.2 Å². The topological polar surface area (TPSA) is 49.6 Å². The molecular formula is C24H25N3S. The summed E-state index contributed by atoms with van der Waals surface area (Å²) in [5.74, 6) is 0.830. The van der Waals surface area contributed by atoms with Gasteiger partial charge in [-0.2, -0.15) is 5.26 Å². The van der Waals surface area contributed by atoms with Crippen LogP contribution in [0.2, 0.25) is 0 Å². The second-order valence-corrected chi connectivity index (χ2v) is 7.64. The molecule has 3 aromatic rings. The zero-order valence-corrected chi connectivity index (χ0v) is 17.5. The van der Waals surface area contributed by atoms with E-state index in [1.807, 2.05) is 43.3 Å². The van der Waals surface area contributed by atoms with E-state index in [-0.39, 0.29) is 0 Å². The Hall–Kier alpha value is -2.64. The first-order chi connectivity index (χ1) is 13.7. The highest BCUT2D eigenvalue weighted by Gasteiger charge is 2.14. The summed E-state index contributed by atoms with van der Waals surface area (Å²) in [5, 5.41) is 10.7. The van der Waals surface area contributed by atoms with Crippen LogP contribution in [0.25, 0.3) is 11.1 Å². The van der Waals surface area contributed by atoms with Gasteiger partial charge in [-0.25, -0.2) is 9.97 Å². The van der Waals surface area contributed by atoms with Gasteiger partial charge in [0.1, 0.15) is 10.9 Å². The fourth-order valence-corrected chi connectivity index (χ4v) is 4.05. The molecule has 142 valence electrons. The van der Waals surface area contributed by atoms with E-state index in [0.29, 0.717) is 5.56 Å². The lowest BCUT2D eigenvalue weighted by Gasteiger charge is -2.14. The largest absolute Gasteiger partial charge is 0.238 e. The lowest BCUT2D eigenvalue weighted by atomic mass is 9.95. The fourth-order valence-electron chi connectivity index (χ4n) is 3.39. The lowest BCUT2D eigenvalue weighted by molar-refractivity contribution is 0.743. The molecule has 0 atom stereocenters. The average Bonchev–Trinajstić information content (AvgIpc) is 2.73. The third-order valence-electron chi connectivity index (χ3n) is 4.80. The number of unbranched alkanes of at least 4 members (excludes halogenated alkanes) is 1. The molecule has 4 heteroatoms. The van der Waals surface area contributed by atoms with Crippen molar-refractivity contribution in [1.82, 2.24) is 9.97 Å². The first-order valence-electron chi connectivity index (χ1n) is 9.65. The van der Waals surface area contributed by atoms with Crippen molar-refractivity contribution in [2.45, 2.75) is 44.6 Å². The monoisotopic (exact) mass is 387 g/mol. The maximum absolute atomic E-state index is 9.70. The van der Waals surface area contributed by atoms with Crippen LogP contribution < -0.4 is 0 Å². The zero-order chi connectivity index (χ0) is 19.9. The number of nitriles is 1. The first-order valence-corrected chi connectivity index (χ1v) is 10.9. The molecule has 0 aliphatic heterocycles. The SMILES string of the molecule is CCCCc1nc(C)nc(SC)c1Cc1ccc(-c2ccccc2)c(C#N)c1. The summed E-state index contributed by atoms with van der Waals surface area (Å²) in [5.41, 5.74) is 6.21. The fraction of sp³-hybridized carbons (Fsp3) is 0.292. The normalized spacial score (nSPS) is 10.6. The molecule has 1 heterocycles. The molecule has 0 saturated heterocycles. The summed E-state index contributed by atoms with van der Waals surface area (Å²) in [7, 11) is 0. The number of thioether (sulfide) groups is 1. The Labute approximate surface area is 171 Å². The zero-order valence-electron chi connectivity index (χ0n) is 16.7. The van der Waals surface area contributed by atoms with Crippen molar-refractivity contribution >= 4 is 11.8 Å². The highest BCUT2D eigenvalue weighted by Crippen LogP contribution is 2.28. The molecule has 0 unspecified atom stereocenters. The molecule has 0 aliphatic carbocycles. The molecule has 3 rings (SSSR count). The van der Waals surface area contributed by atoms with Gasteiger partial charge >= 0.3 is 0 Å². The maximum atomic E-state index is 9.70. The Morgan fingerprint density at radius 1 is 1.07 bits per heavy atom. The van der Waals surface area contributed by atoms with E-state index >= 15 is 0 Å². The smallest absolute Gasteiger partial charge is 0.126 e. The number of hydrogen-bond acceptors (Lipinski definition) is 4. The number of aryl methyl sites for hydroxylation is 2. The van der Waals surface area contributed by atoms with Crippen molar-refractivity contribution in [3.05, 3.63) is 76.7 Å². The lowest BCUT2D eigenvalue weighted by Crippen LogP contribution is -2.06. The summed E-state index contributed by atoms with van der Waals surface area (Å²) in [6, 6.07) is 18.6. The van der Waals surface area contributed by atoms with E-state index in [0.717, 1.165) is 58.9 Å². The quantitative estimate of drug-likeness (QED) is 0.370. The predicted octanol–water partition coefficient (Wildman–Crippen LogP) is 5.98. The van der Waals surface area contributed by atoms with Crippen LogP contribution in [0.5, 0.6) is 0 Å². The number of nitrogens with zero attached hydrogens (tertiary/aromatic N) is 3. The molecule has 0 aliphatic rings. The number of hydrogen-bond donors (Lipinski definition) is 0. The van der Waals surface area contributed by atoms with Gasteiger partial charge in [0.05, 0.1) is 11.6 Å². The van der Waals surface area contributed by atoms with Crippen LogP contribution in [0.15, 0.2) is 53.6 Å². The molecule has 0 spiro atoms. The van der Waals surface area contributed by atoms with Crippen LogP contribution >= 0.6 is 11.8 Å². The summed E-state index contributed by atoms with van der Waals surface area (Å²) in [6.07, 6.45) is 6.04. The van der Waals surface area contributed by atoms with Crippen LogP contribution in [-0.4, -0.2) is 16.2 Å². The number of aromatic nitrogens is 2. The van der Waals surface area contributed by atoms with Gasteiger partial charge in [0.15, 0.2) is 0 Å². The molecule has 0 fully saturated rings. The van der Waals surface area contributed by atoms with Crippen LogP contribution in [0.1, 0.15) is 48.0 Å². The van der Waals surface area contributed by atoms with E-state index in [9.17, 15) is 5.26 Å². The van der Waals surface area contributed by atoms with Crippen LogP contribution in [0.3, 0.4) is 0 Å². The summed E-state index contributed by atoms with van der Waals surface area (Å²) in [6.45, 7) is 4.16. The summed E-state index contributed by atoms with van der Waals surface area (Å²) in [4.78, 5) is 9.38. The molecular weight excluding hydrogens is 362 g/mol. The second-order valence-electron chi connectivity index (χ2n) is 6.84. The minimum atomic E-state index is 0.706. The van der Waals surface area contributed by atoms with Crippen LogP contribution in [0, 0.1) is 18.3 Å². The van der Waals surface area contributed by atoms with Gasteiger partial charge < -0.3 is 0 Å². The van der Waals surface area contributed by atoms with Gasteiger partial charge in [-0.05, 0) is 48.8 Å². The van der Waals surface area contributed by atoms with Crippen molar-refractivity contribution in [3.63, 3.8) is 0 Å². The van der Waals surface area contributed by atoms with Gasteiger partial charge in [-0.15, -0.1) is 11.8 Å². The number of rotatable bonds is 7. The standard InChI is InChI=1S/C24H25N3S/c1-4-5-11-23-22(24(28-3)27-17(2)26-23)15-18-12-13-21(20(14-18)16-25)19-9-7-6-8-10-19/h6-10,12-14H,4-5,11,15H2,1-3H3. The van der Waals surface area contributed by atoms with Crippen molar-refractivity contribution in [2.24, 2.45) is 0 Å². The highest BCUT2D eigenvalue weighted by atomic mass is 32.2. The Morgan fingerprint density at radius 2 is 1.86 bits per heavy atom. The molecule has 0 radical (unpaired) electrons. The van der Waals surface area contributed by atoms with E-state index in [1.54, 1.807) is 11.8 Å². The highest BCUT2D eigenvalue weighted by molar-refractivity contribution is 7.98. The molecule has 3 nitrogen and oxygen atoms in total. The van der Waals surface area contributed by atoms with Gasteiger partial charge in [-0.1, -0.05) is 55.8 Å². The summed E-state index contributed by atoms with van der Waals surface area (Å²) < 4.78 is 0. The molecule has 0 bridgehead atoms. The van der Waals surface area contributed by atoms with Gasteiger partial charge in [0.2, 0.25) is 0 Å². The third kappa shape index (κ3) is 4.61. The molecule has 0 saturated carbocycles. The Bertz CT molecular complexity index is 991. The maximum Gasteiger partial charge on any atom is 0.126 e. The van der Waals surface area contributed by atoms with E-state index in [2.05, 4.69) is 36.4 Å². The average molecular weight is 388 g/mol. The minimum absolute atomic E-state index is 0.706. The Balaban J connectivity index is 1.99. The van der Waals surface area contributed by atoms with Crippen molar-refractivity contribution in [2.75, 3.05) is 6.26 Å². The Kier molecular flexibility index (Phi) is 6.84. The van der Waals surface area contributed by atoms with Crippen LogP contribution in [0.4, 0.5) is 0 Å². The second kappa shape index (κ2) is 9.52.